The Morgan fingerprint density at radius 1 is 0.694 bits per heavy atom. The van der Waals surface area contributed by atoms with Crippen LogP contribution >= 0.6 is 0 Å². The minimum Gasteiger partial charge on any atom is -0.461 e. The molecule has 2 aromatic rings. The van der Waals surface area contributed by atoms with Crippen molar-refractivity contribution in [3.05, 3.63) is 81.1 Å². The molecule has 3 N–H and O–H groups in total. The fourth-order valence-corrected chi connectivity index (χ4v) is 8.11. The highest BCUT2D eigenvalue weighted by Crippen LogP contribution is 2.32. The standard InChI is InChI=1S/C53H84N4O15/c1-2-3-4-5-6-7-8-9-10-11-12-13-14-15-19-24-47(59)72-50-49(56-51(61)44-23-20-26-54-44)45(71-52(50)57-27-25-46(58)55-53(57)62)41-70-48(60)42-69-39-37-67-35-33-65-31-29-63-28-30-64-32-34-66-36-38-68-40-43-21-17-16-18-22-43/h9-10,16-18,21-22,25,27,44-45,49-50,52,54H,2-8,11-15,19-20,23-24,26,28-42H2,1H3,(H,56,61)(H,55,58,62)/b10-9-/t44?,45-,49+,50-,52-/m1/s1. The molecule has 1 unspecified atom stereocenters. The van der Waals surface area contributed by atoms with Crippen LogP contribution in [0.25, 0.3) is 0 Å². The quantitative estimate of drug-likeness (QED) is 0.0425. The fourth-order valence-electron chi connectivity index (χ4n) is 8.11. The molecule has 0 bridgehead atoms. The van der Waals surface area contributed by atoms with Crippen molar-refractivity contribution in [2.24, 2.45) is 0 Å². The van der Waals surface area contributed by atoms with E-state index in [2.05, 4.69) is 34.7 Å². The lowest BCUT2D eigenvalue weighted by molar-refractivity contribution is -0.157. The summed E-state index contributed by atoms with van der Waals surface area (Å²) in [4.78, 5) is 66.9. The van der Waals surface area contributed by atoms with Crippen molar-refractivity contribution in [3.8, 4) is 0 Å². The van der Waals surface area contributed by atoms with Gasteiger partial charge in [-0.15, -0.1) is 0 Å². The number of amides is 1. The first-order chi connectivity index (χ1) is 35.4. The van der Waals surface area contributed by atoms with E-state index < -0.39 is 53.7 Å². The first-order valence-corrected chi connectivity index (χ1v) is 26.4. The van der Waals surface area contributed by atoms with E-state index in [1.807, 2.05) is 30.3 Å². The van der Waals surface area contributed by atoms with Crippen molar-refractivity contribution in [1.29, 1.82) is 0 Å². The molecule has 0 radical (unpaired) electrons. The number of H-pyrrole nitrogens is 1. The van der Waals surface area contributed by atoms with Gasteiger partial charge in [-0.1, -0.05) is 101 Å². The van der Waals surface area contributed by atoms with E-state index in [-0.39, 0.29) is 38.8 Å². The molecule has 2 aliphatic rings. The van der Waals surface area contributed by atoms with Gasteiger partial charge in [0.05, 0.1) is 91.9 Å². The molecule has 0 spiro atoms. The Hall–Kier alpha value is -4.31. The van der Waals surface area contributed by atoms with E-state index in [4.69, 9.17) is 47.4 Å². The zero-order valence-corrected chi connectivity index (χ0v) is 42.8. The number of carbonyl (C=O) groups excluding carboxylic acids is 3. The molecule has 406 valence electrons. The number of esters is 2. The smallest absolute Gasteiger partial charge is 0.332 e. The molecule has 2 aliphatic heterocycles. The predicted octanol–water partition coefficient (Wildman–Crippen LogP) is 5.48. The van der Waals surface area contributed by atoms with Crippen molar-refractivity contribution in [3.63, 3.8) is 0 Å². The number of hydrogen-bond acceptors (Lipinski definition) is 16. The van der Waals surface area contributed by atoms with Crippen LogP contribution in [0.5, 0.6) is 0 Å². The van der Waals surface area contributed by atoms with Crippen LogP contribution in [0.1, 0.15) is 121 Å². The van der Waals surface area contributed by atoms with E-state index in [0.717, 1.165) is 61.1 Å². The minimum atomic E-state index is -1.25. The van der Waals surface area contributed by atoms with E-state index >= 15 is 0 Å². The number of aromatic amines is 1. The molecule has 1 amide bonds. The Kier molecular flexibility index (Phi) is 32.8. The number of nitrogens with one attached hydrogen (secondary N) is 3. The zero-order chi connectivity index (χ0) is 51.1. The highest BCUT2D eigenvalue weighted by atomic mass is 16.6. The molecular formula is C53H84N4O15. The molecule has 4 rings (SSSR count). The van der Waals surface area contributed by atoms with Gasteiger partial charge in [-0.3, -0.25) is 23.9 Å². The van der Waals surface area contributed by atoms with Crippen LogP contribution in [-0.2, 0) is 68.4 Å². The number of carbonyl (C=O) groups is 3. The molecule has 19 heteroatoms. The maximum Gasteiger partial charge on any atom is 0.332 e. The first kappa shape index (κ1) is 60.2. The molecule has 72 heavy (non-hydrogen) atoms. The van der Waals surface area contributed by atoms with E-state index in [0.29, 0.717) is 92.1 Å². The second-order valence-corrected chi connectivity index (χ2v) is 17.9. The molecule has 3 heterocycles. The minimum absolute atomic E-state index is 0.115. The van der Waals surface area contributed by atoms with Gasteiger partial charge in [0.25, 0.3) is 5.56 Å². The maximum absolute atomic E-state index is 13.5. The summed E-state index contributed by atoms with van der Waals surface area (Å²) < 4.78 is 57.5. The summed E-state index contributed by atoms with van der Waals surface area (Å²) in [7, 11) is 0. The zero-order valence-electron chi connectivity index (χ0n) is 42.8. The Bertz CT molecular complexity index is 1880. The van der Waals surface area contributed by atoms with Gasteiger partial charge < -0.3 is 58.0 Å². The van der Waals surface area contributed by atoms with E-state index in [1.54, 1.807) is 0 Å². The lowest BCUT2D eigenvalue weighted by Gasteiger charge is -2.26. The maximum atomic E-state index is 13.5. The molecule has 2 saturated heterocycles. The normalized spacial score (nSPS) is 18.8. The Morgan fingerprint density at radius 3 is 1.85 bits per heavy atom. The fraction of sp³-hybridized carbons (Fsp3) is 0.717. The number of unbranched alkanes of at least 4 members (excludes halogenated alkanes) is 11. The monoisotopic (exact) mass is 1020 g/mol. The Balaban J connectivity index is 1.09. The molecule has 0 aliphatic carbocycles. The number of ether oxygens (including phenoxy) is 10. The van der Waals surface area contributed by atoms with Crippen molar-refractivity contribution in [2.75, 3.05) is 99.0 Å². The van der Waals surface area contributed by atoms with Gasteiger partial charge in [-0.2, -0.15) is 0 Å². The summed E-state index contributed by atoms with van der Waals surface area (Å²) >= 11 is 0. The van der Waals surface area contributed by atoms with Crippen LogP contribution in [0.2, 0.25) is 0 Å². The van der Waals surface area contributed by atoms with Crippen LogP contribution in [0.4, 0.5) is 0 Å². The Morgan fingerprint density at radius 2 is 1.26 bits per heavy atom. The summed E-state index contributed by atoms with van der Waals surface area (Å²) in [6.07, 6.45) is 18.4. The SMILES string of the molecule is CCCCCCCC/C=C\CCCCCCCC(=O)O[C@@H]1[C@@H](NC(=O)C2CCCN2)[C@@H](COC(=O)COCCOCCOCCOCCOCCOCCOCc2ccccc2)O[C@H]1n1ccc(=O)[nH]c1=O. The van der Waals surface area contributed by atoms with Crippen LogP contribution < -0.4 is 21.9 Å². The van der Waals surface area contributed by atoms with Crippen LogP contribution in [0.3, 0.4) is 0 Å². The average molecular weight is 1020 g/mol. The topological polar surface area (TPSA) is 222 Å². The number of benzene rings is 1. The van der Waals surface area contributed by atoms with Gasteiger partial charge in [-0.25, -0.2) is 9.59 Å². The van der Waals surface area contributed by atoms with Gasteiger partial charge in [0.15, 0.2) is 12.3 Å². The summed E-state index contributed by atoms with van der Waals surface area (Å²) in [6.45, 7) is 7.42. The number of hydrogen-bond donors (Lipinski definition) is 3. The summed E-state index contributed by atoms with van der Waals surface area (Å²) in [5, 5.41) is 6.11. The summed E-state index contributed by atoms with van der Waals surface area (Å²) in [5.41, 5.74) is -0.288. The van der Waals surface area contributed by atoms with Gasteiger partial charge >= 0.3 is 17.6 Å². The third kappa shape index (κ3) is 26.6. The molecule has 19 nitrogen and oxygen atoms in total. The second kappa shape index (κ2) is 39.2. The molecule has 5 atom stereocenters. The summed E-state index contributed by atoms with van der Waals surface area (Å²) in [5.74, 6) is -1.57. The average Bonchev–Trinajstić information content (AvgIpc) is 4.04. The lowest BCUT2D eigenvalue weighted by atomic mass is 10.1. The third-order valence-electron chi connectivity index (χ3n) is 12.0. The number of aromatic nitrogens is 2. The lowest BCUT2D eigenvalue weighted by Crippen LogP contribution is -2.54. The number of nitrogens with zero attached hydrogens (tertiary/aromatic N) is 1. The van der Waals surface area contributed by atoms with E-state index in [9.17, 15) is 24.0 Å². The molecule has 1 aromatic carbocycles. The van der Waals surface area contributed by atoms with Crippen molar-refractivity contribution in [2.45, 2.75) is 147 Å². The summed E-state index contributed by atoms with van der Waals surface area (Å²) in [6, 6.07) is 9.64. The van der Waals surface area contributed by atoms with Crippen molar-refractivity contribution >= 4 is 17.8 Å². The second-order valence-electron chi connectivity index (χ2n) is 17.9. The van der Waals surface area contributed by atoms with Crippen molar-refractivity contribution < 1.29 is 61.8 Å². The highest BCUT2D eigenvalue weighted by molar-refractivity contribution is 5.82. The number of rotatable bonds is 43. The largest absolute Gasteiger partial charge is 0.461 e. The van der Waals surface area contributed by atoms with Crippen molar-refractivity contribution in [1.82, 2.24) is 20.2 Å². The molecule has 1 aromatic heterocycles. The highest BCUT2D eigenvalue weighted by Gasteiger charge is 2.50. The van der Waals surface area contributed by atoms with Gasteiger partial charge in [0, 0.05) is 18.7 Å². The predicted molar refractivity (Wildman–Crippen MR) is 269 cm³/mol. The van der Waals surface area contributed by atoms with Crippen LogP contribution in [0.15, 0.2) is 64.3 Å². The molecule has 0 saturated carbocycles. The van der Waals surface area contributed by atoms with Gasteiger partial charge in [0.1, 0.15) is 25.4 Å². The van der Waals surface area contributed by atoms with Gasteiger partial charge in [0.2, 0.25) is 5.91 Å². The van der Waals surface area contributed by atoms with Gasteiger partial charge in [-0.05, 0) is 57.1 Å². The Labute approximate surface area is 425 Å². The number of allylic oxidation sites excluding steroid dienone is 2. The van der Waals surface area contributed by atoms with Crippen LogP contribution in [-0.4, -0.2) is 151 Å². The third-order valence-corrected chi connectivity index (χ3v) is 12.0. The first-order valence-electron chi connectivity index (χ1n) is 26.4. The molecule has 2 fully saturated rings. The molecular weight excluding hydrogens is 933 g/mol. The van der Waals surface area contributed by atoms with Crippen LogP contribution in [0, 0.1) is 0 Å². The van der Waals surface area contributed by atoms with E-state index in [1.165, 1.54) is 44.7 Å².